The van der Waals surface area contributed by atoms with Gasteiger partial charge in [0, 0.05) is 0 Å². The van der Waals surface area contributed by atoms with Crippen LogP contribution in [0.2, 0.25) is 0 Å². The Hall–Kier alpha value is -2.58. The van der Waals surface area contributed by atoms with E-state index in [0.717, 1.165) is 18.2 Å². The molecule has 1 aromatic carbocycles. The quantitative estimate of drug-likeness (QED) is 0.720. The maximum absolute atomic E-state index is 12.9. The molecule has 3 N–H and O–H groups in total. The van der Waals surface area contributed by atoms with E-state index in [9.17, 15) is 27.6 Å². The average molecular weight is 360 g/mol. The molecular formula is C16H19F3N2O4. The van der Waals surface area contributed by atoms with Gasteiger partial charge < -0.3 is 15.7 Å². The fourth-order valence-corrected chi connectivity index (χ4v) is 2.05. The summed E-state index contributed by atoms with van der Waals surface area (Å²) in [5, 5.41) is 13.0. The normalized spacial score (nSPS) is 13.0. The molecule has 0 aliphatic rings. The van der Waals surface area contributed by atoms with E-state index < -0.39 is 46.7 Å². The van der Waals surface area contributed by atoms with Crippen LogP contribution in [0.25, 0.3) is 0 Å². The Labute approximate surface area is 142 Å². The van der Waals surface area contributed by atoms with Gasteiger partial charge in [-0.3, -0.25) is 9.59 Å². The van der Waals surface area contributed by atoms with Gasteiger partial charge in [0.25, 0.3) is 0 Å². The molecule has 1 unspecified atom stereocenters. The molecule has 1 rings (SSSR count). The number of aliphatic carboxylic acids is 1. The van der Waals surface area contributed by atoms with Crippen molar-refractivity contribution in [2.45, 2.75) is 39.4 Å². The van der Waals surface area contributed by atoms with E-state index in [1.54, 1.807) is 20.8 Å². The van der Waals surface area contributed by atoms with Crippen molar-refractivity contribution in [2.75, 3.05) is 5.32 Å². The summed E-state index contributed by atoms with van der Waals surface area (Å²) < 4.78 is 38.6. The van der Waals surface area contributed by atoms with Gasteiger partial charge in [-0.25, -0.2) is 4.79 Å². The summed E-state index contributed by atoms with van der Waals surface area (Å²) in [7, 11) is 0. The number of amides is 2. The van der Waals surface area contributed by atoms with E-state index in [-0.39, 0.29) is 6.42 Å². The molecule has 0 aliphatic carbocycles. The van der Waals surface area contributed by atoms with Crippen LogP contribution in [0.1, 0.15) is 32.8 Å². The highest BCUT2D eigenvalue weighted by molar-refractivity contribution is 6.40. The fourth-order valence-electron chi connectivity index (χ4n) is 2.05. The average Bonchev–Trinajstić information content (AvgIpc) is 2.44. The molecule has 6 nitrogen and oxygen atoms in total. The first-order valence-electron chi connectivity index (χ1n) is 7.32. The number of nitrogens with one attached hydrogen (secondary N) is 2. The molecular weight excluding hydrogens is 341 g/mol. The SMILES string of the molecule is CC(C)(C)CC(NC(=O)C(=O)Nc1ccccc1C(F)(F)F)C(=O)O. The molecule has 2 amide bonds. The summed E-state index contributed by atoms with van der Waals surface area (Å²) in [5.74, 6) is -4.04. The number of anilines is 1. The molecule has 0 bridgehead atoms. The lowest BCUT2D eigenvalue weighted by Gasteiger charge is -2.23. The van der Waals surface area contributed by atoms with Gasteiger partial charge in [-0.05, 0) is 24.0 Å². The molecule has 0 spiro atoms. The highest BCUT2D eigenvalue weighted by atomic mass is 19.4. The Bertz CT molecular complexity index is 666. The third-order valence-corrected chi connectivity index (χ3v) is 3.11. The van der Waals surface area contributed by atoms with Gasteiger partial charge in [0.15, 0.2) is 0 Å². The molecule has 1 aromatic rings. The van der Waals surface area contributed by atoms with Crippen LogP contribution in [0.4, 0.5) is 18.9 Å². The largest absolute Gasteiger partial charge is 0.480 e. The second-order valence-corrected chi connectivity index (χ2v) is 6.63. The molecule has 138 valence electrons. The predicted molar refractivity (Wildman–Crippen MR) is 83.7 cm³/mol. The molecule has 0 saturated carbocycles. The monoisotopic (exact) mass is 360 g/mol. The van der Waals surface area contributed by atoms with Gasteiger partial charge in [0.2, 0.25) is 0 Å². The molecule has 0 saturated heterocycles. The van der Waals surface area contributed by atoms with E-state index >= 15 is 0 Å². The number of carbonyl (C=O) groups is 3. The summed E-state index contributed by atoms with van der Waals surface area (Å²) in [6.07, 6.45) is -4.67. The van der Waals surface area contributed by atoms with E-state index in [1.807, 2.05) is 10.6 Å². The van der Waals surface area contributed by atoms with Gasteiger partial charge in [-0.1, -0.05) is 32.9 Å². The van der Waals surface area contributed by atoms with Crippen LogP contribution in [-0.2, 0) is 20.6 Å². The van der Waals surface area contributed by atoms with Gasteiger partial charge in [0.1, 0.15) is 6.04 Å². The fraction of sp³-hybridized carbons (Fsp3) is 0.438. The number of carboxylic acids is 1. The Morgan fingerprint density at radius 1 is 1.08 bits per heavy atom. The van der Waals surface area contributed by atoms with Crippen molar-refractivity contribution < 1.29 is 32.7 Å². The molecule has 0 aromatic heterocycles. The van der Waals surface area contributed by atoms with E-state index in [1.165, 1.54) is 6.07 Å². The Morgan fingerprint density at radius 2 is 1.64 bits per heavy atom. The standard InChI is InChI=1S/C16H19F3N2O4/c1-15(2,3)8-11(14(24)25)21-13(23)12(22)20-10-7-5-4-6-9(10)16(17,18)19/h4-7,11H,8H2,1-3H3,(H,20,22)(H,21,23)(H,24,25). The van der Waals surface area contributed by atoms with Crippen LogP contribution in [0.15, 0.2) is 24.3 Å². The summed E-state index contributed by atoms with van der Waals surface area (Å²) in [5.41, 5.74) is -2.14. The predicted octanol–water partition coefficient (Wildman–Crippen LogP) is 2.65. The minimum Gasteiger partial charge on any atom is -0.480 e. The highest BCUT2D eigenvalue weighted by Crippen LogP contribution is 2.34. The highest BCUT2D eigenvalue weighted by Gasteiger charge is 2.34. The van der Waals surface area contributed by atoms with E-state index in [2.05, 4.69) is 0 Å². The van der Waals surface area contributed by atoms with Crippen molar-refractivity contribution in [3.05, 3.63) is 29.8 Å². The van der Waals surface area contributed by atoms with Crippen molar-refractivity contribution >= 4 is 23.5 Å². The Kier molecular flexibility index (Phi) is 6.17. The zero-order valence-electron chi connectivity index (χ0n) is 13.9. The van der Waals surface area contributed by atoms with Crippen molar-refractivity contribution in [3.8, 4) is 0 Å². The minimum atomic E-state index is -4.71. The van der Waals surface area contributed by atoms with Gasteiger partial charge >= 0.3 is 24.0 Å². The topological polar surface area (TPSA) is 95.5 Å². The van der Waals surface area contributed by atoms with Gasteiger partial charge in [0.05, 0.1) is 11.3 Å². The summed E-state index contributed by atoms with van der Waals surface area (Å²) in [6.45, 7) is 5.23. The van der Waals surface area contributed by atoms with Crippen molar-refractivity contribution in [1.82, 2.24) is 5.32 Å². The van der Waals surface area contributed by atoms with Crippen LogP contribution in [0.5, 0.6) is 0 Å². The lowest BCUT2D eigenvalue weighted by Crippen LogP contribution is -2.47. The first-order valence-corrected chi connectivity index (χ1v) is 7.32. The molecule has 0 fully saturated rings. The number of benzene rings is 1. The lowest BCUT2D eigenvalue weighted by atomic mass is 9.88. The molecule has 1 atom stereocenters. The van der Waals surface area contributed by atoms with E-state index in [4.69, 9.17) is 5.11 Å². The maximum atomic E-state index is 12.9. The Morgan fingerprint density at radius 3 is 2.12 bits per heavy atom. The first-order chi connectivity index (χ1) is 11.3. The molecule has 0 radical (unpaired) electrons. The smallest absolute Gasteiger partial charge is 0.418 e. The van der Waals surface area contributed by atoms with Crippen LogP contribution in [0.3, 0.4) is 0 Å². The third-order valence-electron chi connectivity index (χ3n) is 3.11. The second-order valence-electron chi connectivity index (χ2n) is 6.63. The summed E-state index contributed by atoms with van der Waals surface area (Å²) in [6, 6.07) is 2.83. The third kappa shape index (κ3) is 6.44. The van der Waals surface area contributed by atoms with Crippen LogP contribution in [-0.4, -0.2) is 28.9 Å². The maximum Gasteiger partial charge on any atom is 0.418 e. The number of alkyl halides is 3. The molecule has 9 heteroatoms. The zero-order chi connectivity index (χ0) is 19.4. The summed E-state index contributed by atoms with van der Waals surface area (Å²) >= 11 is 0. The first kappa shape index (κ1) is 20.5. The van der Waals surface area contributed by atoms with Crippen molar-refractivity contribution in [3.63, 3.8) is 0 Å². The number of halogens is 3. The number of carboxylic acid groups (broad SMARTS) is 1. The van der Waals surface area contributed by atoms with Crippen LogP contribution >= 0.6 is 0 Å². The molecule has 0 heterocycles. The number of carbonyl (C=O) groups excluding carboxylic acids is 2. The van der Waals surface area contributed by atoms with Gasteiger partial charge in [-0.2, -0.15) is 13.2 Å². The number of hydrogen-bond acceptors (Lipinski definition) is 3. The molecule has 0 aliphatic heterocycles. The zero-order valence-corrected chi connectivity index (χ0v) is 13.9. The van der Waals surface area contributed by atoms with Crippen molar-refractivity contribution in [1.29, 1.82) is 0 Å². The molecule has 25 heavy (non-hydrogen) atoms. The second kappa shape index (κ2) is 7.54. The lowest BCUT2D eigenvalue weighted by molar-refractivity contribution is -0.144. The van der Waals surface area contributed by atoms with E-state index in [0.29, 0.717) is 0 Å². The number of hydrogen-bond donors (Lipinski definition) is 3. The Balaban J connectivity index is 2.88. The number of rotatable bonds is 4. The minimum absolute atomic E-state index is 0.0422. The van der Waals surface area contributed by atoms with Crippen LogP contribution in [0, 0.1) is 5.41 Å². The van der Waals surface area contributed by atoms with Gasteiger partial charge in [-0.15, -0.1) is 0 Å². The summed E-state index contributed by atoms with van der Waals surface area (Å²) in [4.78, 5) is 34.9. The van der Waals surface area contributed by atoms with Crippen molar-refractivity contribution in [2.24, 2.45) is 5.41 Å². The van der Waals surface area contributed by atoms with Crippen LogP contribution < -0.4 is 10.6 Å². The number of para-hydroxylation sites is 1.